The van der Waals surface area contributed by atoms with Gasteiger partial charge in [-0.1, -0.05) is 62.5 Å². The number of nitrogens with zero attached hydrogens (tertiary/aromatic N) is 1. The van der Waals surface area contributed by atoms with E-state index < -0.39 is 11.3 Å². The van der Waals surface area contributed by atoms with Crippen molar-refractivity contribution in [3.05, 3.63) is 45.6 Å². The number of carbonyl (C=O) groups is 3. The van der Waals surface area contributed by atoms with Crippen LogP contribution >= 0.6 is 23.2 Å². The van der Waals surface area contributed by atoms with Crippen molar-refractivity contribution in [3.8, 4) is 0 Å². The van der Waals surface area contributed by atoms with Crippen LogP contribution in [0.3, 0.4) is 0 Å². The Kier molecular flexibility index (Phi) is 8.35. The lowest BCUT2D eigenvalue weighted by Crippen LogP contribution is -2.55. The van der Waals surface area contributed by atoms with Gasteiger partial charge in [0.05, 0.1) is 13.7 Å². The summed E-state index contributed by atoms with van der Waals surface area (Å²) >= 11 is 12.5. The maximum atomic E-state index is 13.7. The molecule has 186 valence electrons. The van der Waals surface area contributed by atoms with Gasteiger partial charge < -0.3 is 15.0 Å². The molecular weight excluding hydrogens is 475 g/mol. The Morgan fingerprint density at radius 3 is 2.65 bits per heavy atom. The number of likely N-dealkylation sites (tertiary alicyclic amines) is 1. The van der Waals surface area contributed by atoms with Gasteiger partial charge in [-0.25, -0.2) is 0 Å². The minimum Gasteiger partial charge on any atom is -0.468 e. The van der Waals surface area contributed by atoms with Crippen LogP contribution in [-0.2, 0) is 25.7 Å². The third-order valence-corrected chi connectivity index (χ3v) is 7.41. The first-order valence-corrected chi connectivity index (χ1v) is 12.6. The van der Waals surface area contributed by atoms with Crippen LogP contribution in [0.1, 0.15) is 64.9 Å². The second kappa shape index (κ2) is 10.7. The summed E-state index contributed by atoms with van der Waals surface area (Å²) < 4.78 is 5.29. The molecule has 3 rings (SSSR count). The summed E-state index contributed by atoms with van der Waals surface area (Å²) in [5.41, 5.74) is 0.210. The number of piperidine rings is 1. The molecule has 0 aromatic heterocycles. The van der Waals surface area contributed by atoms with Gasteiger partial charge >= 0.3 is 5.97 Å². The van der Waals surface area contributed by atoms with E-state index in [1.165, 1.54) is 7.11 Å². The number of benzene rings is 1. The summed E-state index contributed by atoms with van der Waals surface area (Å²) in [6.45, 7) is 7.02. The largest absolute Gasteiger partial charge is 0.468 e. The molecular formula is C26H34Cl2N2O4. The van der Waals surface area contributed by atoms with Gasteiger partial charge in [0.25, 0.3) is 0 Å². The first-order chi connectivity index (χ1) is 16.0. The highest BCUT2D eigenvalue weighted by atomic mass is 35.5. The van der Waals surface area contributed by atoms with E-state index in [1.54, 1.807) is 23.1 Å². The number of nitrogens with one attached hydrogen (secondary N) is 1. The third-order valence-electron chi connectivity index (χ3n) is 6.82. The normalized spacial score (nSPS) is 23.7. The highest BCUT2D eigenvalue weighted by Crippen LogP contribution is 2.55. The molecule has 0 bridgehead atoms. The van der Waals surface area contributed by atoms with E-state index in [4.69, 9.17) is 27.9 Å². The third kappa shape index (κ3) is 5.60. The zero-order valence-corrected chi connectivity index (χ0v) is 21.9. The summed E-state index contributed by atoms with van der Waals surface area (Å²) in [6, 6.07) is 5.14. The molecule has 1 aromatic carbocycles. The van der Waals surface area contributed by atoms with Crippen molar-refractivity contribution in [2.75, 3.05) is 13.7 Å². The standard InChI is InChI=1S/C26H34Cl2N2O4/c1-5-6-11-29-22(31)12-18-14-26(24(33)34-4)16-25(2,3)10-9-21(26)30(23(18)32)15-17-7-8-19(27)13-20(17)28/h7-9,13,18H,5-6,10-12,14-16H2,1-4H3,(H,29,31)/t18-,26+/m0/s1. The molecule has 0 unspecified atom stereocenters. The highest BCUT2D eigenvalue weighted by Gasteiger charge is 2.57. The van der Waals surface area contributed by atoms with Crippen LogP contribution in [0.2, 0.25) is 10.0 Å². The maximum Gasteiger partial charge on any atom is 0.317 e. The Morgan fingerprint density at radius 1 is 1.26 bits per heavy atom. The number of halogens is 2. The van der Waals surface area contributed by atoms with Gasteiger partial charge in [0.15, 0.2) is 0 Å². The first kappa shape index (κ1) is 26.6. The average molecular weight is 509 g/mol. The molecule has 0 saturated carbocycles. The number of esters is 1. The van der Waals surface area contributed by atoms with E-state index in [9.17, 15) is 14.4 Å². The van der Waals surface area contributed by atoms with Crippen molar-refractivity contribution >= 4 is 41.0 Å². The molecule has 1 aliphatic heterocycles. The number of methoxy groups -OCH3 is 1. The Bertz CT molecular complexity index is 991. The van der Waals surface area contributed by atoms with Crippen molar-refractivity contribution in [3.63, 3.8) is 0 Å². The zero-order valence-electron chi connectivity index (χ0n) is 20.4. The van der Waals surface area contributed by atoms with Crippen molar-refractivity contribution < 1.29 is 19.1 Å². The average Bonchev–Trinajstić information content (AvgIpc) is 2.77. The second-order valence-corrected chi connectivity index (χ2v) is 11.0. The summed E-state index contributed by atoms with van der Waals surface area (Å²) in [7, 11) is 1.37. The van der Waals surface area contributed by atoms with Crippen LogP contribution in [0.15, 0.2) is 30.0 Å². The maximum absolute atomic E-state index is 13.7. The second-order valence-electron chi connectivity index (χ2n) is 10.2. The topological polar surface area (TPSA) is 75.7 Å². The molecule has 34 heavy (non-hydrogen) atoms. The predicted molar refractivity (Wildman–Crippen MR) is 133 cm³/mol. The van der Waals surface area contributed by atoms with E-state index in [1.807, 2.05) is 6.08 Å². The molecule has 0 spiro atoms. The molecule has 6 nitrogen and oxygen atoms in total. The number of hydrogen-bond acceptors (Lipinski definition) is 4. The summed E-state index contributed by atoms with van der Waals surface area (Å²) in [4.78, 5) is 41.4. The van der Waals surface area contributed by atoms with Crippen LogP contribution in [-0.4, -0.2) is 36.3 Å². The number of ether oxygens (including phenoxy) is 1. The fraction of sp³-hybridized carbons (Fsp3) is 0.577. The minimum absolute atomic E-state index is 0.0276. The van der Waals surface area contributed by atoms with E-state index in [0.29, 0.717) is 28.7 Å². The summed E-state index contributed by atoms with van der Waals surface area (Å²) in [6.07, 6.45) is 5.36. The Morgan fingerprint density at radius 2 is 2.00 bits per heavy atom. The van der Waals surface area contributed by atoms with E-state index >= 15 is 0 Å². The van der Waals surface area contributed by atoms with Crippen LogP contribution < -0.4 is 5.32 Å². The molecule has 8 heteroatoms. The quantitative estimate of drug-likeness (QED) is 0.370. The fourth-order valence-corrected chi connectivity index (χ4v) is 5.71. The molecule has 1 aromatic rings. The monoisotopic (exact) mass is 508 g/mol. The van der Waals surface area contributed by atoms with Gasteiger partial charge in [-0.15, -0.1) is 0 Å². The first-order valence-electron chi connectivity index (χ1n) is 11.8. The number of allylic oxidation sites excluding steroid dienone is 1. The van der Waals surface area contributed by atoms with Gasteiger partial charge in [-0.3, -0.25) is 14.4 Å². The van der Waals surface area contributed by atoms with Crippen LogP contribution in [0, 0.1) is 16.7 Å². The Labute approximate surface area is 212 Å². The van der Waals surface area contributed by atoms with Crippen LogP contribution in [0.25, 0.3) is 0 Å². The van der Waals surface area contributed by atoms with Crippen molar-refractivity contribution in [2.24, 2.45) is 16.7 Å². The molecule has 1 N–H and O–H groups in total. The van der Waals surface area contributed by atoms with E-state index in [2.05, 4.69) is 26.1 Å². The predicted octanol–water partition coefficient (Wildman–Crippen LogP) is 5.51. The highest BCUT2D eigenvalue weighted by molar-refractivity contribution is 6.35. The van der Waals surface area contributed by atoms with Gasteiger partial charge in [0.2, 0.25) is 11.8 Å². The molecule has 1 heterocycles. The number of hydrogen-bond donors (Lipinski definition) is 1. The smallest absolute Gasteiger partial charge is 0.317 e. The van der Waals surface area contributed by atoms with E-state index in [-0.39, 0.29) is 42.6 Å². The lowest BCUT2D eigenvalue weighted by Gasteiger charge is -2.51. The summed E-state index contributed by atoms with van der Waals surface area (Å²) in [5.74, 6) is -1.37. The molecule has 2 aliphatic rings. The lowest BCUT2D eigenvalue weighted by molar-refractivity contribution is -0.162. The zero-order chi connectivity index (χ0) is 25.1. The molecule has 2 amide bonds. The van der Waals surface area contributed by atoms with Crippen molar-refractivity contribution in [1.29, 1.82) is 0 Å². The molecule has 1 saturated heterocycles. The molecule has 0 radical (unpaired) electrons. The Hall–Kier alpha value is -2.05. The van der Waals surface area contributed by atoms with Gasteiger partial charge in [0.1, 0.15) is 5.41 Å². The van der Waals surface area contributed by atoms with Gasteiger partial charge in [-0.2, -0.15) is 0 Å². The van der Waals surface area contributed by atoms with E-state index in [0.717, 1.165) is 24.8 Å². The minimum atomic E-state index is -1.00. The van der Waals surface area contributed by atoms with Crippen molar-refractivity contribution in [1.82, 2.24) is 10.2 Å². The molecule has 2 atom stereocenters. The molecule has 1 aliphatic carbocycles. The SMILES string of the molecule is CCCCNC(=O)C[C@H]1C[C@@]2(C(=O)OC)CC(C)(C)CC=C2N(Cc2ccc(Cl)cc2Cl)C1=O. The molecule has 1 fully saturated rings. The van der Waals surface area contributed by atoms with Crippen LogP contribution in [0.5, 0.6) is 0 Å². The Balaban J connectivity index is 2.02. The van der Waals surface area contributed by atoms with Gasteiger partial charge in [-0.05, 0) is 48.8 Å². The number of carbonyl (C=O) groups excluding carboxylic acids is 3. The van der Waals surface area contributed by atoms with Gasteiger partial charge in [0, 0.05) is 34.6 Å². The number of fused-ring (bicyclic) bond motifs is 1. The lowest BCUT2D eigenvalue weighted by atomic mass is 9.59. The number of rotatable bonds is 8. The van der Waals surface area contributed by atoms with Crippen LogP contribution in [0.4, 0.5) is 0 Å². The number of unbranched alkanes of at least 4 members (excludes halogenated alkanes) is 1. The van der Waals surface area contributed by atoms with Crippen molar-refractivity contribution in [2.45, 2.75) is 65.8 Å². The summed E-state index contributed by atoms with van der Waals surface area (Å²) in [5, 5.41) is 3.85. The number of amides is 2. The fourth-order valence-electron chi connectivity index (χ4n) is 5.24.